The molecule has 1 spiro atoms. The lowest BCUT2D eigenvalue weighted by Crippen LogP contribution is -2.37. The second kappa shape index (κ2) is 5.31. The van der Waals surface area contributed by atoms with E-state index in [1.54, 1.807) is 0 Å². The van der Waals surface area contributed by atoms with Crippen molar-refractivity contribution >= 4 is 0 Å². The van der Waals surface area contributed by atoms with Gasteiger partial charge in [-0.3, -0.25) is 0 Å². The molecule has 2 fully saturated rings. The van der Waals surface area contributed by atoms with Crippen LogP contribution in [0.2, 0.25) is 0 Å². The van der Waals surface area contributed by atoms with E-state index >= 15 is 0 Å². The Morgan fingerprint density at radius 3 is 2.60 bits per heavy atom. The van der Waals surface area contributed by atoms with E-state index in [1.165, 1.54) is 71.2 Å². The maximum absolute atomic E-state index is 3.50. The Kier molecular flexibility index (Phi) is 4.04. The number of likely N-dealkylation sites (tertiary alicyclic amines) is 1. The van der Waals surface area contributed by atoms with Crippen LogP contribution < -0.4 is 5.32 Å². The van der Waals surface area contributed by atoms with Crippen LogP contribution in [0.25, 0.3) is 0 Å². The fourth-order valence-corrected chi connectivity index (χ4v) is 3.31. The van der Waals surface area contributed by atoms with Gasteiger partial charge >= 0.3 is 0 Å². The van der Waals surface area contributed by atoms with Crippen molar-refractivity contribution < 1.29 is 0 Å². The highest BCUT2D eigenvalue weighted by Crippen LogP contribution is 2.39. The molecule has 2 aliphatic rings. The van der Waals surface area contributed by atoms with Gasteiger partial charge in [-0.15, -0.1) is 0 Å². The van der Waals surface area contributed by atoms with Crippen LogP contribution in [0.3, 0.4) is 0 Å². The summed E-state index contributed by atoms with van der Waals surface area (Å²) in [6, 6.07) is 0. The van der Waals surface area contributed by atoms with Crippen molar-refractivity contribution in [3.05, 3.63) is 0 Å². The highest BCUT2D eigenvalue weighted by molar-refractivity contribution is 4.87. The van der Waals surface area contributed by atoms with E-state index in [1.807, 2.05) is 0 Å². The largest absolute Gasteiger partial charge is 0.317 e. The fraction of sp³-hybridized carbons (Fsp3) is 1.00. The van der Waals surface area contributed by atoms with E-state index in [4.69, 9.17) is 0 Å². The van der Waals surface area contributed by atoms with Gasteiger partial charge < -0.3 is 10.2 Å². The molecular weight excluding hydrogens is 184 g/mol. The topological polar surface area (TPSA) is 15.3 Å². The SMILES string of the molecule is CCCN1CCCC2(CCNCC2)CC1. The third kappa shape index (κ3) is 2.94. The zero-order chi connectivity index (χ0) is 10.6. The number of piperidine rings is 1. The smallest absolute Gasteiger partial charge is 0.00134 e. The van der Waals surface area contributed by atoms with Crippen LogP contribution in [0.15, 0.2) is 0 Å². The van der Waals surface area contributed by atoms with Crippen molar-refractivity contribution in [1.29, 1.82) is 0 Å². The fourth-order valence-electron chi connectivity index (χ4n) is 3.31. The van der Waals surface area contributed by atoms with Crippen molar-refractivity contribution in [2.24, 2.45) is 5.41 Å². The van der Waals surface area contributed by atoms with Crippen molar-refractivity contribution in [3.63, 3.8) is 0 Å². The summed E-state index contributed by atoms with van der Waals surface area (Å²) < 4.78 is 0. The Morgan fingerprint density at radius 1 is 1.07 bits per heavy atom. The average Bonchev–Trinajstić information content (AvgIpc) is 2.44. The van der Waals surface area contributed by atoms with E-state index in [2.05, 4.69) is 17.1 Å². The van der Waals surface area contributed by atoms with Crippen LogP contribution in [0.1, 0.15) is 45.4 Å². The maximum Gasteiger partial charge on any atom is -0.00134 e. The predicted molar refractivity (Wildman–Crippen MR) is 65.1 cm³/mol. The zero-order valence-corrected chi connectivity index (χ0v) is 10.2. The first-order chi connectivity index (χ1) is 7.35. The highest BCUT2D eigenvalue weighted by atomic mass is 15.1. The minimum Gasteiger partial charge on any atom is -0.317 e. The molecule has 0 amide bonds. The summed E-state index contributed by atoms with van der Waals surface area (Å²) in [7, 11) is 0. The van der Waals surface area contributed by atoms with Crippen LogP contribution >= 0.6 is 0 Å². The van der Waals surface area contributed by atoms with Crippen LogP contribution in [-0.4, -0.2) is 37.6 Å². The van der Waals surface area contributed by atoms with E-state index in [0.29, 0.717) is 5.41 Å². The third-order valence-corrected chi connectivity index (χ3v) is 4.34. The summed E-state index contributed by atoms with van der Waals surface area (Å²) in [4.78, 5) is 2.68. The van der Waals surface area contributed by atoms with E-state index < -0.39 is 0 Å². The average molecular weight is 210 g/mol. The van der Waals surface area contributed by atoms with Crippen LogP contribution in [-0.2, 0) is 0 Å². The lowest BCUT2D eigenvalue weighted by atomic mass is 9.73. The second-order valence-electron chi connectivity index (χ2n) is 5.45. The lowest BCUT2D eigenvalue weighted by Gasteiger charge is -2.37. The zero-order valence-electron chi connectivity index (χ0n) is 10.2. The lowest BCUT2D eigenvalue weighted by molar-refractivity contribution is 0.168. The predicted octanol–water partition coefficient (Wildman–Crippen LogP) is 2.25. The standard InChI is InChI=1S/C13H26N2/c1-2-10-15-11-3-4-13(7-12-15)5-8-14-9-6-13/h14H,2-12H2,1H3. The van der Waals surface area contributed by atoms with Gasteiger partial charge in [-0.05, 0) is 76.7 Å². The van der Waals surface area contributed by atoms with Crippen molar-refractivity contribution in [3.8, 4) is 0 Å². The Balaban J connectivity index is 1.87. The van der Waals surface area contributed by atoms with Crippen molar-refractivity contribution in [2.75, 3.05) is 32.7 Å². The minimum atomic E-state index is 0.716. The molecule has 2 saturated heterocycles. The van der Waals surface area contributed by atoms with Gasteiger partial charge in [0.1, 0.15) is 0 Å². The molecule has 0 aliphatic carbocycles. The maximum atomic E-state index is 3.50. The summed E-state index contributed by atoms with van der Waals surface area (Å²) in [6.07, 6.45) is 8.53. The third-order valence-electron chi connectivity index (χ3n) is 4.34. The molecular formula is C13H26N2. The molecule has 0 aromatic heterocycles. The molecule has 88 valence electrons. The molecule has 0 aromatic carbocycles. The van der Waals surface area contributed by atoms with Crippen LogP contribution in [0.5, 0.6) is 0 Å². The normalized spacial score (nSPS) is 27.8. The molecule has 0 atom stereocenters. The first-order valence-corrected chi connectivity index (χ1v) is 6.78. The van der Waals surface area contributed by atoms with E-state index in [0.717, 1.165) is 0 Å². The Morgan fingerprint density at radius 2 is 1.87 bits per heavy atom. The molecule has 0 saturated carbocycles. The molecule has 1 N–H and O–H groups in total. The van der Waals surface area contributed by atoms with Gasteiger partial charge in [-0.2, -0.15) is 0 Å². The summed E-state index contributed by atoms with van der Waals surface area (Å²) in [6.45, 7) is 8.83. The minimum absolute atomic E-state index is 0.716. The number of hydrogen-bond acceptors (Lipinski definition) is 2. The van der Waals surface area contributed by atoms with Gasteiger partial charge in [0.2, 0.25) is 0 Å². The van der Waals surface area contributed by atoms with E-state index in [-0.39, 0.29) is 0 Å². The molecule has 0 bridgehead atoms. The van der Waals surface area contributed by atoms with Crippen LogP contribution in [0, 0.1) is 5.41 Å². The molecule has 15 heavy (non-hydrogen) atoms. The molecule has 0 radical (unpaired) electrons. The molecule has 2 nitrogen and oxygen atoms in total. The van der Waals surface area contributed by atoms with Gasteiger partial charge in [0.25, 0.3) is 0 Å². The second-order valence-corrected chi connectivity index (χ2v) is 5.45. The Hall–Kier alpha value is -0.0800. The quantitative estimate of drug-likeness (QED) is 0.752. The monoisotopic (exact) mass is 210 g/mol. The molecule has 2 aliphatic heterocycles. The summed E-state index contributed by atoms with van der Waals surface area (Å²) in [5.41, 5.74) is 0.716. The van der Waals surface area contributed by atoms with Crippen molar-refractivity contribution in [1.82, 2.24) is 10.2 Å². The number of nitrogens with zero attached hydrogens (tertiary/aromatic N) is 1. The molecule has 0 unspecified atom stereocenters. The van der Waals surface area contributed by atoms with E-state index in [9.17, 15) is 0 Å². The molecule has 2 heteroatoms. The van der Waals surface area contributed by atoms with Gasteiger partial charge in [0, 0.05) is 0 Å². The van der Waals surface area contributed by atoms with Gasteiger partial charge in [0.15, 0.2) is 0 Å². The van der Waals surface area contributed by atoms with Crippen LogP contribution in [0.4, 0.5) is 0 Å². The van der Waals surface area contributed by atoms with Gasteiger partial charge in [0.05, 0.1) is 0 Å². The number of rotatable bonds is 2. The highest BCUT2D eigenvalue weighted by Gasteiger charge is 2.33. The van der Waals surface area contributed by atoms with Gasteiger partial charge in [-0.1, -0.05) is 6.92 Å². The Bertz CT molecular complexity index is 185. The molecule has 2 heterocycles. The number of nitrogens with one attached hydrogen (secondary N) is 1. The molecule has 2 rings (SSSR count). The summed E-state index contributed by atoms with van der Waals surface area (Å²) in [5.74, 6) is 0. The van der Waals surface area contributed by atoms with Crippen molar-refractivity contribution in [2.45, 2.75) is 45.4 Å². The summed E-state index contributed by atoms with van der Waals surface area (Å²) in [5, 5.41) is 3.50. The van der Waals surface area contributed by atoms with Gasteiger partial charge in [-0.25, -0.2) is 0 Å². The first kappa shape index (κ1) is 11.4. The number of hydrogen-bond donors (Lipinski definition) is 1. The Labute approximate surface area is 94.4 Å². The molecule has 0 aromatic rings. The summed E-state index contributed by atoms with van der Waals surface area (Å²) >= 11 is 0. The first-order valence-electron chi connectivity index (χ1n) is 6.78.